The number of hydrogen-bond donors (Lipinski definition) is 2. The molecule has 0 amide bonds. The predicted octanol–water partition coefficient (Wildman–Crippen LogP) is 1.72. The number of halogens is 1. The Kier molecular flexibility index (Phi) is 6.49. The number of aromatic hydroxyl groups is 1. The SMILES string of the molecule is CCn1c(C)cc(O)c([C@H](c2cccc(F)c2)N2CCN(CCO)CC2)c1=O. The molecule has 6 nitrogen and oxygen atoms in total. The molecule has 0 bridgehead atoms. The van der Waals surface area contributed by atoms with E-state index in [2.05, 4.69) is 9.80 Å². The molecule has 2 heterocycles. The lowest BCUT2D eigenvalue weighted by Crippen LogP contribution is -2.49. The third kappa shape index (κ3) is 4.11. The van der Waals surface area contributed by atoms with Crippen molar-refractivity contribution in [2.24, 2.45) is 0 Å². The van der Waals surface area contributed by atoms with Crippen molar-refractivity contribution >= 4 is 0 Å². The minimum atomic E-state index is -0.530. The molecule has 0 unspecified atom stereocenters. The van der Waals surface area contributed by atoms with Gasteiger partial charge in [-0.15, -0.1) is 0 Å². The number of aromatic nitrogens is 1. The van der Waals surface area contributed by atoms with Crippen LogP contribution in [0.2, 0.25) is 0 Å². The average molecular weight is 389 g/mol. The van der Waals surface area contributed by atoms with Crippen molar-refractivity contribution in [3.05, 3.63) is 63.3 Å². The molecule has 1 aromatic carbocycles. The Balaban J connectivity index is 2.07. The molecule has 3 rings (SSSR count). The molecule has 1 aromatic heterocycles. The van der Waals surface area contributed by atoms with Gasteiger partial charge in [0.05, 0.1) is 18.2 Å². The quantitative estimate of drug-likeness (QED) is 0.787. The topological polar surface area (TPSA) is 68.9 Å². The van der Waals surface area contributed by atoms with Gasteiger partial charge in [-0.05, 0) is 37.6 Å². The molecule has 1 fully saturated rings. The van der Waals surface area contributed by atoms with Crippen LogP contribution in [0.1, 0.15) is 29.8 Å². The van der Waals surface area contributed by atoms with E-state index in [1.165, 1.54) is 12.1 Å². The number of nitrogens with zero attached hydrogens (tertiary/aromatic N) is 3. The zero-order valence-electron chi connectivity index (χ0n) is 16.4. The van der Waals surface area contributed by atoms with Crippen molar-refractivity contribution in [2.45, 2.75) is 26.4 Å². The van der Waals surface area contributed by atoms with Crippen molar-refractivity contribution in [1.29, 1.82) is 0 Å². The number of pyridine rings is 1. The van der Waals surface area contributed by atoms with Crippen LogP contribution in [-0.2, 0) is 6.54 Å². The number of aliphatic hydroxyl groups is 1. The van der Waals surface area contributed by atoms with Crippen LogP contribution in [0.3, 0.4) is 0 Å². The van der Waals surface area contributed by atoms with Crippen molar-refractivity contribution in [1.82, 2.24) is 14.4 Å². The zero-order chi connectivity index (χ0) is 20.3. The first kappa shape index (κ1) is 20.5. The van der Waals surface area contributed by atoms with Crippen LogP contribution < -0.4 is 5.56 Å². The number of aliphatic hydroxyl groups excluding tert-OH is 1. The number of hydrogen-bond acceptors (Lipinski definition) is 5. The molecule has 0 saturated carbocycles. The Hall–Kier alpha value is -2.22. The molecule has 0 aliphatic carbocycles. The number of rotatable bonds is 6. The van der Waals surface area contributed by atoms with E-state index in [0.717, 1.165) is 13.1 Å². The van der Waals surface area contributed by atoms with E-state index < -0.39 is 6.04 Å². The molecular weight excluding hydrogens is 361 g/mol. The molecule has 1 aliphatic rings. The second-order valence-electron chi connectivity index (χ2n) is 7.19. The second kappa shape index (κ2) is 8.86. The molecule has 1 saturated heterocycles. The molecule has 1 aliphatic heterocycles. The van der Waals surface area contributed by atoms with Crippen LogP contribution in [0.15, 0.2) is 35.1 Å². The van der Waals surface area contributed by atoms with Gasteiger partial charge >= 0.3 is 0 Å². The van der Waals surface area contributed by atoms with Gasteiger partial charge in [-0.3, -0.25) is 14.6 Å². The maximum atomic E-state index is 14.0. The summed E-state index contributed by atoms with van der Waals surface area (Å²) in [5, 5.41) is 19.8. The van der Waals surface area contributed by atoms with Crippen LogP contribution in [-0.4, -0.2) is 63.9 Å². The van der Waals surface area contributed by atoms with Gasteiger partial charge in [-0.25, -0.2) is 4.39 Å². The summed E-state index contributed by atoms with van der Waals surface area (Å²) in [5.41, 5.74) is 1.38. The molecule has 7 heteroatoms. The highest BCUT2D eigenvalue weighted by molar-refractivity contribution is 5.41. The summed E-state index contributed by atoms with van der Waals surface area (Å²) in [4.78, 5) is 17.4. The molecule has 28 heavy (non-hydrogen) atoms. The van der Waals surface area contributed by atoms with Crippen LogP contribution in [0.5, 0.6) is 5.75 Å². The maximum Gasteiger partial charge on any atom is 0.259 e. The number of benzene rings is 1. The van der Waals surface area contributed by atoms with E-state index >= 15 is 0 Å². The first-order valence-electron chi connectivity index (χ1n) is 9.72. The maximum absolute atomic E-state index is 14.0. The number of piperazine rings is 1. The van der Waals surface area contributed by atoms with Crippen LogP contribution in [0.4, 0.5) is 4.39 Å². The van der Waals surface area contributed by atoms with Crippen LogP contribution >= 0.6 is 0 Å². The summed E-state index contributed by atoms with van der Waals surface area (Å²) in [5.74, 6) is -0.428. The van der Waals surface area contributed by atoms with E-state index in [9.17, 15) is 14.3 Å². The molecular formula is C21H28FN3O3. The lowest BCUT2D eigenvalue weighted by molar-refractivity contribution is 0.0931. The van der Waals surface area contributed by atoms with Gasteiger partial charge in [-0.1, -0.05) is 12.1 Å². The van der Waals surface area contributed by atoms with Gasteiger partial charge in [0.25, 0.3) is 5.56 Å². The third-order valence-corrected chi connectivity index (χ3v) is 5.47. The molecule has 2 aromatic rings. The van der Waals surface area contributed by atoms with Crippen LogP contribution in [0, 0.1) is 12.7 Å². The van der Waals surface area contributed by atoms with Crippen molar-refractivity contribution in [2.75, 3.05) is 39.3 Å². The Morgan fingerprint density at radius 2 is 1.89 bits per heavy atom. The molecule has 2 N–H and O–H groups in total. The van der Waals surface area contributed by atoms with Gasteiger partial charge in [-0.2, -0.15) is 0 Å². The Morgan fingerprint density at radius 1 is 1.18 bits per heavy atom. The summed E-state index contributed by atoms with van der Waals surface area (Å²) < 4.78 is 15.6. The summed E-state index contributed by atoms with van der Waals surface area (Å²) >= 11 is 0. The summed E-state index contributed by atoms with van der Waals surface area (Å²) in [6.45, 7) is 7.67. The van der Waals surface area contributed by atoms with Crippen molar-refractivity contribution in [3.63, 3.8) is 0 Å². The predicted molar refractivity (Wildman–Crippen MR) is 106 cm³/mol. The van der Waals surface area contributed by atoms with Crippen molar-refractivity contribution < 1.29 is 14.6 Å². The monoisotopic (exact) mass is 389 g/mol. The minimum Gasteiger partial charge on any atom is -0.507 e. The lowest BCUT2D eigenvalue weighted by Gasteiger charge is -2.39. The minimum absolute atomic E-state index is 0.0563. The highest BCUT2D eigenvalue weighted by atomic mass is 19.1. The smallest absolute Gasteiger partial charge is 0.259 e. The first-order chi connectivity index (χ1) is 13.5. The Bertz CT molecular complexity index is 876. The van der Waals surface area contributed by atoms with E-state index in [4.69, 9.17) is 5.11 Å². The van der Waals surface area contributed by atoms with E-state index in [1.54, 1.807) is 29.7 Å². The highest BCUT2D eigenvalue weighted by Gasteiger charge is 2.31. The van der Waals surface area contributed by atoms with E-state index in [-0.39, 0.29) is 29.3 Å². The van der Waals surface area contributed by atoms with Gasteiger partial charge in [0.2, 0.25) is 0 Å². The van der Waals surface area contributed by atoms with E-state index in [0.29, 0.717) is 37.4 Å². The number of aryl methyl sites for hydroxylation is 1. The highest BCUT2D eigenvalue weighted by Crippen LogP contribution is 2.33. The Labute approximate surface area is 164 Å². The fourth-order valence-electron chi connectivity index (χ4n) is 4.04. The molecule has 0 spiro atoms. The largest absolute Gasteiger partial charge is 0.507 e. The normalized spacial score (nSPS) is 17.0. The van der Waals surface area contributed by atoms with E-state index in [1.807, 2.05) is 6.92 Å². The van der Waals surface area contributed by atoms with Gasteiger partial charge in [0, 0.05) is 45.0 Å². The fraction of sp³-hybridized carbons (Fsp3) is 0.476. The molecule has 0 radical (unpaired) electrons. The number of β-amino-alcohol motifs (C(OH)–C–C–N with tert-alkyl or cyclic N) is 1. The van der Waals surface area contributed by atoms with Gasteiger partial charge < -0.3 is 14.8 Å². The summed E-state index contributed by atoms with van der Waals surface area (Å²) in [6.07, 6.45) is 0. The summed E-state index contributed by atoms with van der Waals surface area (Å²) in [7, 11) is 0. The van der Waals surface area contributed by atoms with Crippen LogP contribution in [0.25, 0.3) is 0 Å². The standard InChI is InChI=1S/C21H28FN3O3/c1-3-25-15(2)13-18(27)19(21(25)28)20(16-5-4-6-17(22)14-16)24-9-7-23(8-10-24)11-12-26/h4-6,13-14,20,26-27H,3,7-12H2,1-2H3/t20-/m0/s1. The second-order valence-corrected chi connectivity index (χ2v) is 7.19. The zero-order valence-corrected chi connectivity index (χ0v) is 16.4. The van der Waals surface area contributed by atoms with Gasteiger partial charge in [0.1, 0.15) is 11.6 Å². The fourth-order valence-corrected chi connectivity index (χ4v) is 4.04. The Morgan fingerprint density at radius 3 is 2.50 bits per heavy atom. The molecule has 152 valence electrons. The summed E-state index contributed by atoms with van der Waals surface area (Å²) in [6, 6.07) is 7.30. The van der Waals surface area contributed by atoms with Gasteiger partial charge in [0.15, 0.2) is 0 Å². The first-order valence-corrected chi connectivity index (χ1v) is 9.72. The lowest BCUT2D eigenvalue weighted by atomic mass is 9.96. The molecule has 1 atom stereocenters. The van der Waals surface area contributed by atoms with Crippen molar-refractivity contribution in [3.8, 4) is 5.75 Å². The average Bonchev–Trinajstić information content (AvgIpc) is 2.66. The third-order valence-electron chi connectivity index (χ3n) is 5.47.